The molecule has 3 rings (SSSR count). The SMILES string of the molecule is c1ccc(CCC2=NC(Cc3ccccc3)CO2)cc1. The average molecular weight is 265 g/mol. The van der Waals surface area contributed by atoms with E-state index < -0.39 is 0 Å². The van der Waals surface area contributed by atoms with Crippen molar-refractivity contribution in [3.05, 3.63) is 71.8 Å². The zero-order chi connectivity index (χ0) is 13.6. The molecule has 1 aliphatic rings. The molecular weight excluding hydrogens is 246 g/mol. The summed E-state index contributed by atoms with van der Waals surface area (Å²) in [6.07, 6.45) is 2.86. The molecule has 0 bridgehead atoms. The molecule has 0 radical (unpaired) electrons. The van der Waals surface area contributed by atoms with E-state index in [2.05, 4.69) is 48.5 Å². The summed E-state index contributed by atoms with van der Waals surface area (Å²) in [6, 6.07) is 21.3. The van der Waals surface area contributed by atoms with Gasteiger partial charge in [-0.05, 0) is 24.0 Å². The Morgan fingerprint density at radius 3 is 2.20 bits per heavy atom. The van der Waals surface area contributed by atoms with E-state index in [9.17, 15) is 0 Å². The van der Waals surface area contributed by atoms with Crippen molar-refractivity contribution < 1.29 is 4.74 Å². The van der Waals surface area contributed by atoms with Crippen LogP contribution in [0.25, 0.3) is 0 Å². The number of hydrogen-bond donors (Lipinski definition) is 0. The molecule has 0 aromatic heterocycles. The topological polar surface area (TPSA) is 21.6 Å². The predicted octanol–water partition coefficient (Wildman–Crippen LogP) is 3.66. The Balaban J connectivity index is 1.53. The van der Waals surface area contributed by atoms with Crippen molar-refractivity contribution in [2.75, 3.05) is 6.61 Å². The van der Waals surface area contributed by atoms with Crippen LogP contribution in [0.15, 0.2) is 65.7 Å². The van der Waals surface area contributed by atoms with E-state index in [0.717, 1.165) is 31.8 Å². The lowest BCUT2D eigenvalue weighted by Gasteiger charge is -2.04. The molecule has 0 amide bonds. The molecule has 1 heterocycles. The van der Waals surface area contributed by atoms with Crippen molar-refractivity contribution in [2.24, 2.45) is 4.99 Å². The molecule has 2 heteroatoms. The summed E-state index contributed by atoms with van der Waals surface area (Å²) in [5, 5.41) is 0. The zero-order valence-electron chi connectivity index (χ0n) is 11.5. The molecule has 2 nitrogen and oxygen atoms in total. The van der Waals surface area contributed by atoms with Gasteiger partial charge in [-0.3, -0.25) is 0 Å². The Hall–Kier alpha value is -2.09. The maximum atomic E-state index is 5.71. The van der Waals surface area contributed by atoms with Gasteiger partial charge in [0.25, 0.3) is 0 Å². The minimum absolute atomic E-state index is 0.281. The van der Waals surface area contributed by atoms with E-state index in [-0.39, 0.29) is 6.04 Å². The van der Waals surface area contributed by atoms with Crippen molar-refractivity contribution in [3.8, 4) is 0 Å². The Bertz CT molecular complexity index is 562. The fraction of sp³-hybridized carbons (Fsp3) is 0.278. The van der Waals surface area contributed by atoms with Crippen LogP contribution in [0.3, 0.4) is 0 Å². The molecular formula is C18H19NO. The van der Waals surface area contributed by atoms with Gasteiger partial charge in [0.1, 0.15) is 6.61 Å². The molecule has 102 valence electrons. The maximum Gasteiger partial charge on any atom is 0.183 e. The molecule has 0 spiro atoms. The Morgan fingerprint density at radius 2 is 1.50 bits per heavy atom. The summed E-state index contributed by atoms with van der Waals surface area (Å²) in [5.41, 5.74) is 2.67. The molecule has 20 heavy (non-hydrogen) atoms. The fourth-order valence-electron chi connectivity index (χ4n) is 2.49. The van der Waals surface area contributed by atoms with Crippen LogP contribution in [0, 0.1) is 0 Å². The van der Waals surface area contributed by atoms with Crippen LogP contribution in [0.4, 0.5) is 0 Å². The van der Waals surface area contributed by atoms with Crippen molar-refractivity contribution in [1.82, 2.24) is 0 Å². The minimum atomic E-state index is 0.281. The highest BCUT2D eigenvalue weighted by Crippen LogP contribution is 2.14. The second kappa shape index (κ2) is 6.38. The van der Waals surface area contributed by atoms with Crippen LogP contribution in [0.5, 0.6) is 0 Å². The highest BCUT2D eigenvalue weighted by molar-refractivity contribution is 5.78. The van der Waals surface area contributed by atoms with Crippen LogP contribution in [0.1, 0.15) is 17.5 Å². The Kier molecular flexibility index (Phi) is 4.12. The standard InChI is InChI=1S/C18H19NO/c1-3-7-15(8-4-1)11-12-18-19-17(14-20-18)13-16-9-5-2-6-10-16/h1-10,17H,11-14H2. The monoisotopic (exact) mass is 265 g/mol. The van der Waals surface area contributed by atoms with Gasteiger partial charge in [0.2, 0.25) is 0 Å². The molecule has 0 N–H and O–H groups in total. The van der Waals surface area contributed by atoms with E-state index in [1.165, 1.54) is 11.1 Å². The van der Waals surface area contributed by atoms with Gasteiger partial charge in [-0.2, -0.15) is 0 Å². The first-order valence-corrected chi connectivity index (χ1v) is 7.17. The van der Waals surface area contributed by atoms with Gasteiger partial charge in [0, 0.05) is 6.42 Å². The number of aliphatic imine (C=N–C) groups is 1. The van der Waals surface area contributed by atoms with E-state index in [1.54, 1.807) is 0 Å². The van der Waals surface area contributed by atoms with E-state index >= 15 is 0 Å². The smallest absolute Gasteiger partial charge is 0.183 e. The quantitative estimate of drug-likeness (QED) is 0.808. The van der Waals surface area contributed by atoms with Crippen LogP contribution >= 0.6 is 0 Å². The number of hydrogen-bond acceptors (Lipinski definition) is 2. The number of aryl methyl sites for hydroxylation is 1. The molecule has 1 atom stereocenters. The summed E-state index contributed by atoms with van der Waals surface area (Å²) in [6.45, 7) is 0.721. The van der Waals surface area contributed by atoms with Gasteiger partial charge in [-0.15, -0.1) is 0 Å². The molecule has 2 aromatic rings. The van der Waals surface area contributed by atoms with Crippen molar-refractivity contribution in [1.29, 1.82) is 0 Å². The first-order valence-electron chi connectivity index (χ1n) is 7.17. The third kappa shape index (κ3) is 3.47. The third-order valence-electron chi connectivity index (χ3n) is 3.55. The second-order valence-electron chi connectivity index (χ2n) is 5.16. The number of benzene rings is 2. The zero-order valence-corrected chi connectivity index (χ0v) is 11.5. The van der Waals surface area contributed by atoms with E-state index in [4.69, 9.17) is 9.73 Å². The first kappa shape index (κ1) is 12.9. The van der Waals surface area contributed by atoms with Crippen LogP contribution in [0.2, 0.25) is 0 Å². The summed E-state index contributed by atoms with van der Waals surface area (Å²) in [5.74, 6) is 0.912. The summed E-state index contributed by atoms with van der Waals surface area (Å²) in [7, 11) is 0. The van der Waals surface area contributed by atoms with Crippen LogP contribution < -0.4 is 0 Å². The highest BCUT2D eigenvalue weighted by atomic mass is 16.5. The summed E-state index contributed by atoms with van der Waals surface area (Å²) in [4.78, 5) is 4.69. The lowest BCUT2D eigenvalue weighted by molar-refractivity contribution is 0.309. The Labute approximate surface area is 120 Å². The molecule has 0 saturated heterocycles. The van der Waals surface area contributed by atoms with E-state index in [0.29, 0.717) is 0 Å². The van der Waals surface area contributed by atoms with Gasteiger partial charge in [-0.1, -0.05) is 60.7 Å². The molecule has 0 saturated carbocycles. The van der Waals surface area contributed by atoms with Crippen LogP contribution in [-0.2, 0) is 17.6 Å². The van der Waals surface area contributed by atoms with Crippen molar-refractivity contribution >= 4 is 5.90 Å². The van der Waals surface area contributed by atoms with Crippen LogP contribution in [-0.4, -0.2) is 18.5 Å². The molecule has 1 unspecified atom stereocenters. The largest absolute Gasteiger partial charge is 0.479 e. The summed E-state index contributed by atoms with van der Waals surface area (Å²) < 4.78 is 5.71. The van der Waals surface area contributed by atoms with Crippen molar-refractivity contribution in [3.63, 3.8) is 0 Å². The van der Waals surface area contributed by atoms with Gasteiger partial charge in [0.15, 0.2) is 5.90 Å². The average Bonchev–Trinajstić information content (AvgIpc) is 2.95. The molecule has 0 aliphatic carbocycles. The molecule has 0 fully saturated rings. The normalized spacial score (nSPS) is 17.6. The maximum absolute atomic E-state index is 5.71. The van der Waals surface area contributed by atoms with Gasteiger partial charge >= 0.3 is 0 Å². The molecule has 2 aromatic carbocycles. The van der Waals surface area contributed by atoms with Gasteiger partial charge in [0.05, 0.1) is 6.04 Å². The second-order valence-corrected chi connectivity index (χ2v) is 5.16. The third-order valence-corrected chi connectivity index (χ3v) is 3.55. The lowest BCUT2D eigenvalue weighted by Crippen LogP contribution is -2.09. The minimum Gasteiger partial charge on any atom is -0.479 e. The van der Waals surface area contributed by atoms with Crippen molar-refractivity contribution in [2.45, 2.75) is 25.3 Å². The number of rotatable bonds is 5. The lowest BCUT2D eigenvalue weighted by atomic mass is 10.1. The fourth-order valence-corrected chi connectivity index (χ4v) is 2.49. The number of ether oxygens (including phenoxy) is 1. The number of nitrogens with zero attached hydrogens (tertiary/aromatic N) is 1. The highest BCUT2D eigenvalue weighted by Gasteiger charge is 2.18. The van der Waals surface area contributed by atoms with E-state index in [1.807, 2.05) is 12.1 Å². The van der Waals surface area contributed by atoms with Gasteiger partial charge in [-0.25, -0.2) is 4.99 Å². The molecule has 1 aliphatic heterocycles. The Morgan fingerprint density at radius 1 is 0.850 bits per heavy atom. The predicted molar refractivity (Wildman–Crippen MR) is 82.1 cm³/mol. The first-order chi connectivity index (χ1) is 9.90. The van der Waals surface area contributed by atoms with Gasteiger partial charge < -0.3 is 4.74 Å². The summed E-state index contributed by atoms with van der Waals surface area (Å²) >= 11 is 0.